The number of likely N-dealkylation sites (tertiary alicyclic amines) is 1. The van der Waals surface area contributed by atoms with Crippen LogP contribution in [0.25, 0.3) is 0 Å². The zero-order valence-electron chi connectivity index (χ0n) is 25.2. The molecule has 1 saturated heterocycles. The Morgan fingerprint density at radius 3 is 2.34 bits per heavy atom. The summed E-state index contributed by atoms with van der Waals surface area (Å²) in [5, 5.41) is 11.3. The summed E-state index contributed by atoms with van der Waals surface area (Å²) in [5.41, 5.74) is 0. The number of piperidine rings is 1. The van der Waals surface area contributed by atoms with Gasteiger partial charge in [-0.05, 0) is 62.7 Å². The Kier molecular flexibility index (Phi) is 10.3. The van der Waals surface area contributed by atoms with Gasteiger partial charge in [0.05, 0.1) is 6.04 Å². The molecular formula is C32H45Cl2N5O5. The van der Waals surface area contributed by atoms with Crippen molar-refractivity contribution in [2.75, 3.05) is 13.1 Å². The Hall–Kier alpha value is -2.59. The fraction of sp³-hybridized carbons (Fsp3) is 0.719. The number of ketones is 1. The predicted octanol–water partition coefficient (Wildman–Crippen LogP) is 3.38. The van der Waals surface area contributed by atoms with E-state index in [9.17, 15) is 24.0 Å². The van der Waals surface area contributed by atoms with E-state index in [1.807, 2.05) is 0 Å². The molecule has 0 aromatic rings. The smallest absolute Gasteiger partial charge is 0.315 e. The number of urea groups is 1. The Morgan fingerprint density at radius 1 is 0.955 bits per heavy atom. The summed E-state index contributed by atoms with van der Waals surface area (Å²) >= 11 is 13.1. The number of halogens is 2. The van der Waals surface area contributed by atoms with Crippen molar-refractivity contribution in [1.29, 1.82) is 0 Å². The molecule has 0 aromatic heterocycles. The first-order chi connectivity index (χ1) is 21.1. The summed E-state index contributed by atoms with van der Waals surface area (Å²) in [7, 11) is 0. The Bertz CT molecular complexity index is 1170. The molecular weight excluding hydrogens is 605 g/mol. The van der Waals surface area contributed by atoms with Crippen molar-refractivity contribution in [3.63, 3.8) is 0 Å². The quantitative estimate of drug-likeness (QED) is 0.138. The first kappa shape index (κ1) is 32.8. The molecule has 5 rings (SSSR count). The number of hydrogen-bond acceptors (Lipinski definition) is 5. The number of Topliss-reactive ketones (excluding diaryl/α,β-unsaturated/α-hetero) is 1. The van der Waals surface area contributed by atoms with E-state index >= 15 is 0 Å². The van der Waals surface area contributed by atoms with Gasteiger partial charge in [0.2, 0.25) is 17.6 Å². The predicted molar refractivity (Wildman–Crippen MR) is 168 cm³/mol. The number of amides is 5. The van der Waals surface area contributed by atoms with Crippen molar-refractivity contribution in [3.05, 3.63) is 25.3 Å². The lowest BCUT2D eigenvalue weighted by molar-refractivity contribution is -0.144. The summed E-state index contributed by atoms with van der Waals surface area (Å²) in [6.45, 7) is 7.49. The number of nitrogens with zero attached hydrogens (tertiary/aromatic N) is 1. The third kappa shape index (κ3) is 6.81. The second-order valence-corrected chi connectivity index (χ2v) is 14.8. The highest BCUT2D eigenvalue weighted by Crippen LogP contribution is 2.65. The Morgan fingerprint density at radius 2 is 1.70 bits per heavy atom. The molecule has 44 heavy (non-hydrogen) atoms. The number of allylic oxidation sites excluding steroid dienone is 1. The summed E-state index contributed by atoms with van der Waals surface area (Å²) in [6, 6.07) is -3.19. The molecule has 5 amide bonds. The van der Waals surface area contributed by atoms with E-state index in [1.54, 1.807) is 6.08 Å². The molecule has 1 aliphatic heterocycles. The number of hydrogen-bond donors (Lipinski definition) is 4. The first-order valence-corrected chi connectivity index (χ1v) is 16.9. The van der Waals surface area contributed by atoms with Crippen LogP contribution in [0.15, 0.2) is 25.3 Å². The maximum atomic E-state index is 14.3. The van der Waals surface area contributed by atoms with Crippen LogP contribution in [0.4, 0.5) is 4.79 Å². The van der Waals surface area contributed by atoms with Crippen LogP contribution >= 0.6 is 23.2 Å². The van der Waals surface area contributed by atoms with Gasteiger partial charge in [0.1, 0.15) is 16.4 Å². The highest BCUT2D eigenvalue weighted by molar-refractivity contribution is 6.51. The van der Waals surface area contributed by atoms with E-state index in [0.717, 1.165) is 51.4 Å². The van der Waals surface area contributed by atoms with E-state index in [0.29, 0.717) is 18.3 Å². The van der Waals surface area contributed by atoms with Gasteiger partial charge in [-0.2, -0.15) is 0 Å². The molecule has 12 heteroatoms. The number of carbonyl (C=O) groups is 5. The molecule has 5 fully saturated rings. The number of rotatable bonds is 13. The van der Waals surface area contributed by atoms with Gasteiger partial charge < -0.3 is 26.2 Å². The van der Waals surface area contributed by atoms with E-state index in [-0.39, 0.29) is 49.3 Å². The van der Waals surface area contributed by atoms with Crippen LogP contribution < -0.4 is 21.3 Å². The normalized spacial score (nSPS) is 31.3. The average Bonchev–Trinajstić information content (AvgIpc) is 3.53. The highest BCUT2D eigenvalue weighted by atomic mass is 35.5. The second kappa shape index (κ2) is 13.8. The van der Waals surface area contributed by atoms with Crippen molar-refractivity contribution in [3.8, 4) is 0 Å². The van der Waals surface area contributed by atoms with Gasteiger partial charge in [0.15, 0.2) is 0 Å². The molecule has 4 N–H and O–H groups in total. The zero-order chi connectivity index (χ0) is 31.6. The van der Waals surface area contributed by atoms with Crippen LogP contribution in [-0.4, -0.2) is 76.0 Å². The van der Waals surface area contributed by atoms with Gasteiger partial charge in [0, 0.05) is 31.0 Å². The highest BCUT2D eigenvalue weighted by Gasteiger charge is 2.74. The standard InChI is InChI=1S/C32H45Cl2N5O5/c1-3-5-11-22(27(40)29(42)35-14-4-2)36-28(41)26-24-21(32(24,33)34)17-39(26)30(43)25(19-9-7-6-8-10-19)38-31(44)37-23-16-18-12-13-20(23)15-18/h3-4,18-26H,1-2,5-17H2,(H,35,42)(H,36,41)(H2,37,38,44)/t18?,20?,21?,22?,23?,24-,25-,26-/m0/s1. The molecule has 0 radical (unpaired) electrons. The lowest BCUT2D eigenvalue weighted by atomic mass is 9.83. The fourth-order valence-electron chi connectivity index (χ4n) is 8.15. The van der Waals surface area contributed by atoms with E-state index in [2.05, 4.69) is 34.4 Å². The Labute approximate surface area is 269 Å². The second-order valence-electron chi connectivity index (χ2n) is 13.3. The lowest BCUT2D eigenvalue weighted by Gasteiger charge is -2.37. The zero-order valence-corrected chi connectivity index (χ0v) is 26.7. The number of nitrogens with one attached hydrogen (secondary N) is 4. The van der Waals surface area contributed by atoms with Crippen LogP contribution in [0.1, 0.15) is 70.6 Å². The van der Waals surface area contributed by atoms with Gasteiger partial charge in [-0.25, -0.2) is 4.79 Å². The molecule has 0 spiro atoms. The third-order valence-corrected chi connectivity index (χ3v) is 11.6. The maximum absolute atomic E-state index is 14.3. The average molecular weight is 651 g/mol. The van der Waals surface area contributed by atoms with Crippen molar-refractivity contribution < 1.29 is 24.0 Å². The van der Waals surface area contributed by atoms with Gasteiger partial charge in [-0.3, -0.25) is 19.2 Å². The third-order valence-electron chi connectivity index (χ3n) is 10.5. The fourth-order valence-corrected chi connectivity index (χ4v) is 8.98. The summed E-state index contributed by atoms with van der Waals surface area (Å²) in [5.74, 6) is -2.33. The van der Waals surface area contributed by atoms with E-state index in [1.165, 1.54) is 17.4 Å². The molecule has 5 aliphatic rings. The largest absolute Gasteiger partial charge is 0.346 e. The minimum atomic E-state index is -1.19. The SMILES string of the molecule is C=CCCC(NC(=O)[C@@H]1[C@@H]2C(CN1C(=O)[C@@H](NC(=O)NC1CC3CCC1C3)C1CCCCC1)C2(Cl)Cl)C(=O)C(=O)NCC=C. The minimum Gasteiger partial charge on any atom is -0.346 e. The minimum absolute atomic E-state index is 0.0603. The molecule has 8 atom stereocenters. The van der Waals surface area contributed by atoms with Gasteiger partial charge in [-0.15, -0.1) is 36.4 Å². The van der Waals surface area contributed by atoms with Crippen LogP contribution in [0.2, 0.25) is 0 Å². The molecule has 2 bridgehead atoms. The monoisotopic (exact) mass is 649 g/mol. The molecule has 10 nitrogen and oxygen atoms in total. The van der Waals surface area contributed by atoms with Crippen LogP contribution in [0, 0.1) is 29.6 Å². The van der Waals surface area contributed by atoms with E-state index in [4.69, 9.17) is 23.2 Å². The van der Waals surface area contributed by atoms with Gasteiger partial charge >= 0.3 is 6.03 Å². The summed E-state index contributed by atoms with van der Waals surface area (Å²) < 4.78 is -1.19. The molecule has 5 unspecified atom stereocenters. The number of carbonyl (C=O) groups excluding carboxylic acids is 5. The summed E-state index contributed by atoms with van der Waals surface area (Å²) in [4.78, 5) is 68.4. The van der Waals surface area contributed by atoms with E-state index < -0.39 is 46.0 Å². The first-order valence-electron chi connectivity index (χ1n) is 16.2. The molecule has 0 aromatic carbocycles. The molecule has 4 aliphatic carbocycles. The topological polar surface area (TPSA) is 137 Å². The lowest BCUT2D eigenvalue weighted by Crippen LogP contribution is -2.61. The molecule has 4 saturated carbocycles. The van der Waals surface area contributed by atoms with Crippen molar-refractivity contribution in [1.82, 2.24) is 26.2 Å². The Balaban J connectivity index is 1.32. The maximum Gasteiger partial charge on any atom is 0.315 e. The van der Waals surface area contributed by atoms with Gasteiger partial charge in [0.25, 0.3) is 5.91 Å². The molecule has 242 valence electrons. The van der Waals surface area contributed by atoms with Crippen molar-refractivity contribution in [2.45, 2.75) is 99.1 Å². The van der Waals surface area contributed by atoms with Crippen molar-refractivity contribution in [2.24, 2.45) is 29.6 Å². The van der Waals surface area contributed by atoms with Crippen LogP contribution in [-0.2, 0) is 19.2 Å². The van der Waals surface area contributed by atoms with Crippen molar-refractivity contribution >= 4 is 52.7 Å². The number of alkyl halides is 2. The van der Waals surface area contributed by atoms with Gasteiger partial charge in [-0.1, -0.05) is 37.8 Å². The summed E-state index contributed by atoms with van der Waals surface area (Å²) in [6.07, 6.45) is 12.7. The van der Waals surface area contributed by atoms with Crippen LogP contribution in [0.5, 0.6) is 0 Å². The molecule has 1 heterocycles. The number of fused-ring (bicyclic) bond motifs is 3. The van der Waals surface area contributed by atoms with Crippen LogP contribution in [0.3, 0.4) is 0 Å².